The lowest BCUT2D eigenvalue weighted by Crippen LogP contribution is -2.14. The number of halogens is 1. The molecule has 0 atom stereocenters. The molecule has 0 fully saturated rings. The summed E-state index contributed by atoms with van der Waals surface area (Å²) in [6.07, 6.45) is 9.91. The molecule has 0 aromatic carbocycles. The molecule has 0 spiro atoms. The summed E-state index contributed by atoms with van der Waals surface area (Å²) in [4.78, 5) is 6.49. The summed E-state index contributed by atoms with van der Waals surface area (Å²) >= 11 is 3.46. The van der Waals surface area contributed by atoms with E-state index in [1.807, 2.05) is 30.4 Å². The van der Waals surface area contributed by atoms with E-state index in [0.29, 0.717) is 0 Å². The van der Waals surface area contributed by atoms with Crippen LogP contribution in [0.3, 0.4) is 0 Å². The summed E-state index contributed by atoms with van der Waals surface area (Å²) in [7, 11) is 0. The van der Waals surface area contributed by atoms with Crippen LogP contribution in [0.15, 0.2) is 41.2 Å². The molecule has 2 nitrogen and oxygen atoms in total. The summed E-state index contributed by atoms with van der Waals surface area (Å²) in [5.41, 5.74) is 0.951. The molecular weight excluding hydrogens is 264 g/mol. The molecule has 0 amide bonds. The molecule has 0 aliphatic carbocycles. The number of aromatic nitrogens is 1. The van der Waals surface area contributed by atoms with Crippen molar-refractivity contribution >= 4 is 22.0 Å². The summed E-state index contributed by atoms with van der Waals surface area (Å²) in [6.45, 7) is 6.36. The second kappa shape index (κ2) is 7.23. The van der Waals surface area contributed by atoms with Gasteiger partial charge in [-0.3, -0.25) is 4.98 Å². The summed E-state index contributed by atoms with van der Waals surface area (Å²) in [5, 5.41) is 0. The van der Waals surface area contributed by atoms with Gasteiger partial charge in [-0.25, -0.2) is 0 Å². The van der Waals surface area contributed by atoms with Crippen molar-refractivity contribution in [2.75, 3.05) is 13.1 Å². The molecule has 0 aliphatic rings. The molecule has 1 aromatic heterocycles. The molecule has 0 radical (unpaired) electrons. The first-order valence-corrected chi connectivity index (χ1v) is 6.26. The van der Waals surface area contributed by atoms with E-state index in [1.54, 1.807) is 6.20 Å². The minimum absolute atomic E-state index is 0.951. The van der Waals surface area contributed by atoms with E-state index in [9.17, 15) is 0 Å². The Morgan fingerprint density at radius 3 is 2.69 bits per heavy atom. The van der Waals surface area contributed by atoms with E-state index >= 15 is 0 Å². The van der Waals surface area contributed by atoms with Crippen LogP contribution in [0.25, 0.3) is 6.08 Å². The van der Waals surface area contributed by atoms with Crippen molar-refractivity contribution in [1.82, 2.24) is 9.88 Å². The third-order valence-electron chi connectivity index (χ3n) is 2.26. The monoisotopic (exact) mass is 280 g/mol. The summed E-state index contributed by atoms with van der Waals surface area (Å²) in [6, 6.07) is 3.90. The quantitative estimate of drug-likeness (QED) is 0.765. The number of nitrogens with zero attached hydrogens (tertiary/aromatic N) is 2. The average molecular weight is 281 g/mol. The van der Waals surface area contributed by atoms with Crippen molar-refractivity contribution in [3.63, 3.8) is 0 Å². The number of hydrogen-bond acceptors (Lipinski definition) is 2. The third kappa shape index (κ3) is 4.19. The topological polar surface area (TPSA) is 16.1 Å². The Hall–Kier alpha value is -1.09. The third-order valence-corrected chi connectivity index (χ3v) is 2.93. The first kappa shape index (κ1) is 13.0. The highest BCUT2D eigenvalue weighted by Gasteiger charge is 1.93. The van der Waals surface area contributed by atoms with Crippen LogP contribution in [0.5, 0.6) is 0 Å². The molecule has 0 bridgehead atoms. The van der Waals surface area contributed by atoms with E-state index in [1.165, 1.54) is 0 Å². The van der Waals surface area contributed by atoms with Gasteiger partial charge in [-0.05, 0) is 60.3 Å². The zero-order valence-electron chi connectivity index (χ0n) is 9.73. The Kier molecular flexibility index (Phi) is 5.86. The first-order chi connectivity index (χ1) is 7.77. The highest BCUT2D eigenvalue weighted by molar-refractivity contribution is 9.10. The number of hydrogen-bond donors (Lipinski definition) is 0. The molecule has 1 rings (SSSR count). The standard InChI is InChI=1S/C13H17BrN2/c1-3-16(4-2)11-6-5-9-13-12(14)8-7-10-15-13/h5-11H,3-4H2,1-2H3/b9-5+,11-6+. The molecule has 3 heteroatoms. The Morgan fingerprint density at radius 2 is 2.06 bits per heavy atom. The van der Waals surface area contributed by atoms with Gasteiger partial charge in [0.05, 0.1) is 5.69 Å². The van der Waals surface area contributed by atoms with E-state index in [2.05, 4.69) is 45.9 Å². The predicted molar refractivity (Wildman–Crippen MR) is 73.0 cm³/mol. The van der Waals surface area contributed by atoms with E-state index < -0.39 is 0 Å². The highest BCUT2D eigenvalue weighted by atomic mass is 79.9. The maximum Gasteiger partial charge on any atom is 0.0771 e. The smallest absolute Gasteiger partial charge is 0.0771 e. The molecule has 0 saturated heterocycles. The lowest BCUT2D eigenvalue weighted by Gasteiger charge is -2.13. The van der Waals surface area contributed by atoms with Gasteiger partial charge in [0.25, 0.3) is 0 Å². The maximum absolute atomic E-state index is 4.25. The molecule has 0 saturated carbocycles. The van der Waals surface area contributed by atoms with Gasteiger partial charge in [0, 0.05) is 23.8 Å². The lowest BCUT2D eigenvalue weighted by molar-refractivity contribution is 0.419. The Balaban J connectivity index is 2.58. The van der Waals surface area contributed by atoms with Gasteiger partial charge < -0.3 is 4.90 Å². The molecule has 0 aliphatic heterocycles. The molecule has 1 aromatic rings. The molecule has 86 valence electrons. The second-order valence-electron chi connectivity index (χ2n) is 3.29. The van der Waals surface area contributed by atoms with Gasteiger partial charge in [0.15, 0.2) is 0 Å². The molecule has 0 N–H and O–H groups in total. The van der Waals surface area contributed by atoms with Crippen molar-refractivity contribution in [2.24, 2.45) is 0 Å². The average Bonchev–Trinajstić information content (AvgIpc) is 2.31. The Morgan fingerprint density at radius 1 is 1.31 bits per heavy atom. The normalized spacial score (nSPS) is 11.4. The molecule has 0 unspecified atom stereocenters. The van der Waals surface area contributed by atoms with Crippen LogP contribution >= 0.6 is 15.9 Å². The van der Waals surface area contributed by atoms with Crippen LogP contribution in [0, 0.1) is 0 Å². The maximum atomic E-state index is 4.25. The van der Waals surface area contributed by atoms with Crippen LogP contribution in [0.2, 0.25) is 0 Å². The van der Waals surface area contributed by atoms with E-state index in [0.717, 1.165) is 23.3 Å². The highest BCUT2D eigenvalue weighted by Crippen LogP contribution is 2.14. The van der Waals surface area contributed by atoms with Crippen LogP contribution < -0.4 is 0 Å². The Bertz CT molecular complexity index is 368. The van der Waals surface area contributed by atoms with Crippen molar-refractivity contribution in [3.8, 4) is 0 Å². The fraction of sp³-hybridized carbons (Fsp3) is 0.308. The van der Waals surface area contributed by atoms with Gasteiger partial charge in [0.2, 0.25) is 0 Å². The number of allylic oxidation sites excluding steroid dienone is 2. The van der Waals surface area contributed by atoms with Crippen molar-refractivity contribution in [2.45, 2.75) is 13.8 Å². The largest absolute Gasteiger partial charge is 0.378 e. The number of pyridine rings is 1. The number of rotatable bonds is 5. The van der Waals surface area contributed by atoms with E-state index in [-0.39, 0.29) is 0 Å². The van der Waals surface area contributed by atoms with Gasteiger partial charge >= 0.3 is 0 Å². The van der Waals surface area contributed by atoms with Crippen molar-refractivity contribution < 1.29 is 0 Å². The summed E-state index contributed by atoms with van der Waals surface area (Å²) < 4.78 is 1.02. The fourth-order valence-electron chi connectivity index (χ4n) is 1.27. The zero-order chi connectivity index (χ0) is 11.8. The van der Waals surface area contributed by atoms with Crippen molar-refractivity contribution in [3.05, 3.63) is 46.8 Å². The molecular formula is C13H17BrN2. The fourth-order valence-corrected chi connectivity index (χ4v) is 1.66. The molecule has 16 heavy (non-hydrogen) atoms. The minimum Gasteiger partial charge on any atom is -0.378 e. The predicted octanol–water partition coefficient (Wildman–Crippen LogP) is 3.71. The SMILES string of the molecule is CCN(/C=C/C=C/c1ncccc1Br)CC. The van der Waals surface area contributed by atoms with E-state index in [4.69, 9.17) is 0 Å². The van der Waals surface area contributed by atoms with Gasteiger partial charge in [0.1, 0.15) is 0 Å². The first-order valence-electron chi connectivity index (χ1n) is 5.47. The summed E-state index contributed by atoms with van der Waals surface area (Å²) in [5.74, 6) is 0. The van der Waals surface area contributed by atoms with Gasteiger partial charge in [-0.2, -0.15) is 0 Å². The Labute approximate surface area is 106 Å². The zero-order valence-corrected chi connectivity index (χ0v) is 11.3. The van der Waals surface area contributed by atoms with Crippen LogP contribution in [-0.4, -0.2) is 23.0 Å². The van der Waals surface area contributed by atoms with Gasteiger partial charge in [-0.1, -0.05) is 6.08 Å². The minimum atomic E-state index is 0.951. The van der Waals surface area contributed by atoms with Gasteiger partial charge in [-0.15, -0.1) is 0 Å². The lowest BCUT2D eigenvalue weighted by atomic mass is 10.3. The van der Waals surface area contributed by atoms with Crippen LogP contribution in [-0.2, 0) is 0 Å². The molecule has 1 heterocycles. The second-order valence-corrected chi connectivity index (χ2v) is 4.15. The van der Waals surface area contributed by atoms with Crippen molar-refractivity contribution in [1.29, 1.82) is 0 Å². The van der Waals surface area contributed by atoms with Crippen LogP contribution in [0.4, 0.5) is 0 Å². The van der Waals surface area contributed by atoms with Crippen LogP contribution in [0.1, 0.15) is 19.5 Å².